The van der Waals surface area contributed by atoms with E-state index < -0.39 is 0 Å². The number of aliphatic hydroxyl groups excluding tert-OH is 1. The largest absolute Gasteiger partial charge is 0.385 e. The molecule has 0 spiro atoms. The van der Waals surface area contributed by atoms with Gasteiger partial charge in [-0.3, -0.25) is 0 Å². The van der Waals surface area contributed by atoms with E-state index in [-0.39, 0.29) is 5.82 Å². The van der Waals surface area contributed by atoms with Gasteiger partial charge in [0.25, 0.3) is 0 Å². The van der Waals surface area contributed by atoms with Gasteiger partial charge in [-0.1, -0.05) is 12.1 Å². The van der Waals surface area contributed by atoms with E-state index in [1.807, 2.05) is 0 Å². The van der Waals surface area contributed by atoms with Crippen molar-refractivity contribution in [1.29, 1.82) is 0 Å². The highest BCUT2D eigenvalue weighted by Gasteiger charge is 1.89. The van der Waals surface area contributed by atoms with Crippen LogP contribution in [-0.2, 0) is 0 Å². The molecule has 0 aliphatic carbocycles. The molecule has 1 N–H and O–H groups in total. The summed E-state index contributed by atoms with van der Waals surface area (Å²) in [6.45, 7) is 0.930. The topological polar surface area (TPSA) is 20.2 Å². The van der Waals surface area contributed by atoms with Gasteiger partial charge >= 0.3 is 0 Å². The first kappa shape index (κ1) is 6.23. The van der Waals surface area contributed by atoms with Crippen LogP contribution >= 0.6 is 0 Å². The number of rotatable bonds is 1. The molecule has 0 aromatic heterocycles. The standard InChI is InChI=1S/C7H6FO/c8-7-3-1-6(5-9)2-4-7/h1-5,9H. The first-order chi connectivity index (χ1) is 4.33. The second-order valence-electron chi connectivity index (χ2n) is 1.68. The predicted molar refractivity (Wildman–Crippen MR) is 31.7 cm³/mol. The van der Waals surface area contributed by atoms with Crippen LogP contribution in [0.15, 0.2) is 24.3 Å². The highest BCUT2D eigenvalue weighted by molar-refractivity contribution is 5.20. The van der Waals surface area contributed by atoms with Gasteiger partial charge in [0.15, 0.2) is 0 Å². The molecule has 0 heterocycles. The third kappa shape index (κ3) is 1.50. The minimum Gasteiger partial charge on any atom is -0.385 e. The van der Waals surface area contributed by atoms with Crippen molar-refractivity contribution in [2.45, 2.75) is 0 Å². The minimum absolute atomic E-state index is 0.291. The zero-order valence-electron chi connectivity index (χ0n) is 4.71. The van der Waals surface area contributed by atoms with E-state index in [0.717, 1.165) is 6.61 Å². The lowest BCUT2D eigenvalue weighted by atomic mass is 10.2. The smallest absolute Gasteiger partial charge is 0.123 e. The molecule has 47 valence electrons. The third-order valence-corrected chi connectivity index (χ3v) is 1.02. The Kier molecular flexibility index (Phi) is 1.80. The normalized spacial score (nSPS) is 9.56. The molecular weight excluding hydrogens is 119 g/mol. The van der Waals surface area contributed by atoms with E-state index in [1.165, 1.54) is 24.3 Å². The van der Waals surface area contributed by atoms with Gasteiger partial charge in [0.05, 0.1) is 0 Å². The van der Waals surface area contributed by atoms with Crippen molar-refractivity contribution in [2.75, 3.05) is 0 Å². The fraction of sp³-hybridized carbons (Fsp3) is 0. The van der Waals surface area contributed by atoms with Crippen LogP contribution in [0.3, 0.4) is 0 Å². The fourth-order valence-electron chi connectivity index (χ4n) is 0.549. The van der Waals surface area contributed by atoms with Crippen molar-refractivity contribution >= 4 is 0 Å². The maximum absolute atomic E-state index is 12.1. The molecule has 1 aromatic carbocycles. The first-order valence-corrected chi connectivity index (χ1v) is 2.56. The summed E-state index contributed by atoms with van der Waals surface area (Å²) in [7, 11) is 0. The number of hydrogen-bond acceptors (Lipinski definition) is 1. The van der Waals surface area contributed by atoms with E-state index in [2.05, 4.69) is 0 Å². The molecule has 0 saturated heterocycles. The van der Waals surface area contributed by atoms with Gasteiger partial charge in [-0.15, -0.1) is 0 Å². The Morgan fingerprint density at radius 2 is 1.78 bits per heavy atom. The Morgan fingerprint density at radius 1 is 1.22 bits per heavy atom. The maximum Gasteiger partial charge on any atom is 0.123 e. The van der Waals surface area contributed by atoms with Crippen molar-refractivity contribution in [3.05, 3.63) is 42.3 Å². The van der Waals surface area contributed by atoms with Crippen LogP contribution in [0.2, 0.25) is 0 Å². The second-order valence-corrected chi connectivity index (χ2v) is 1.68. The predicted octanol–water partition coefficient (Wildman–Crippen LogP) is 1.71. The van der Waals surface area contributed by atoms with E-state index in [4.69, 9.17) is 5.11 Å². The zero-order chi connectivity index (χ0) is 6.69. The molecular formula is C7H6FO. The summed E-state index contributed by atoms with van der Waals surface area (Å²) < 4.78 is 12.1. The molecule has 9 heavy (non-hydrogen) atoms. The summed E-state index contributed by atoms with van der Waals surface area (Å²) in [5, 5.41) is 8.38. The lowest BCUT2D eigenvalue weighted by molar-refractivity contribution is 0.414. The maximum atomic E-state index is 12.1. The molecule has 1 aromatic rings. The quantitative estimate of drug-likeness (QED) is 0.605. The third-order valence-electron chi connectivity index (χ3n) is 1.02. The Balaban J connectivity index is 2.88. The molecule has 0 aliphatic rings. The fourth-order valence-corrected chi connectivity index (χ4v) is 0.549. The van der Waals surface area contributed by atoms with Crippen molar-refractivity contribution in [3.8, 4) is 0 Å². The first-order valence-electron chi connectivity index (χ1n) is 2.56. The van der Waals surface area contributed by atoms with Crippen LogP contribution in [0.1, 0.15) is 5.56 Å². The SMILES string of the molecule is O[CH]c1ccc(F)cc1. The second kappa shape index (κ2) is 2.60. The molecule has 0 saturated carbocycles. The van der Waals surface area contributed by atoms with E-state index in [9.17, 15) is 4.39 Å². The van der Waals surface area contributed by atoms with Crippen LogP contribution in [0.5, 0.6) is 0 Å². The number of aliphatic hydroxyl groups is 1. The van der Waals surface area contributed by atoms with Crippen LogP contribution in [0, 0.1) is 12.4 Å². The van der Waals surface area contributed by atoms with Gasteiger partial charge in [0, 0.05) is 0 Å². The monoisotopic (exact) mass is 125 g/mol. The van der Waals surface area contributed by atoms with Crippen LogP contribution in [0.25, 0.3) is 0 Å². The van der Waals surface area contributed by atoms with Crippen LogP contribution in [0.4, 0.5) is 4.39 Å². The van der Waals surface area contributed by atoms with Gasteiger partial charge in [-0.2, -0.15) is 0 Å². The molecule has 0 aliphatic heterocycles. The Hall–Kier alpha value is -0.890. The minimum atomic E-state index is -0.291. The summed E-state index contributed by atoms with van der Waals surface area (Å²) >= 11 is 0. The summed E-state index contributed by atoms with van der Waals surface area (Å²) in [5.74, 6) is -0.291. The van der Waals surface area contributed by atoms with Gasteiger partial charge in [0.1, 0.15) is 12.4 Å². The van der Waals surface area contributed by atoms with Gasteiger partial charge < -0.3 is 5.11 Å². The molecule has 1 rings (SSSR count). The van der Waals surface area contributed by atoms with Crippen LogP contribution in [-0.4, -0.2) is 5.11 Å². The average Bonchev–Trinajstić information content (AvgIpc) is 1.90. The van der Waals surface area contributed by atoms with Gasteiger partial charge in [0.2, 0.25) is 0 Å². The molecule has 0 unspecified atom stereocenters. The summed E-state index contributed by atoms with van der Waals surface area (Å²) in [5.41, 5.74) is 0.608. The van der Waals surface area contributed by atoms with Crippen molar-refractivity contribution < 1.29 is 9.50 Å². The lowest BCUT2D eigenvalue weighted by Gasteiger charge is -1.91. The molecule has 1 nitrogen and oxygen atoms in total. The molecule has 0 fully saturated rings. The van der Waals surface area contributed by atoms with Crippen molar-refractivity contribution in [2.24, 2.45) is 0 Å². The Labute approximate surface area is 52.8 Å². The number of hydrogen-bond donors (Lipinski definition) is 1. The van der Waals surface area contributed by atoms with Gasteiger partial charge in [-0.05, 0) is 17.7 Å². The number of benzene rings is 1. The van der Waals surface area contributed by atoms with Crippen LogP contribution < -0.4 is 0 Å². The zero-order valence-corrected chi connectivity index (χ0v) is 4.71. The summed E-state index contributed by atoms with van der Waals surface area (Å²) in [6.07, 6.45) is 0. The summed E-state index contributed by atoms with van der Waals surface area (Å²) in [4.78, 5) is 0. The average molecular weight is 125 g/mol. The highest BCUT2D eigenvalue weighted by atomic mass is 19.1. The van der Waals surface area contributed by atoms with Gasteiger partial charge in [-0.25, -0.2) is 4.39 Å². The molecule has 0 bridgehead atoms. The molecule has 1 radical (unpaired) electrons. The Bertz CT molecular complexity index is 181. The van der Waals surface area contributed by atoms with E-state index in [0.29, 0.717) is 5.56 Å². The van der Waals surface area contributed by atoms with E-state index in [1.54, 1.807) is 0 Å². The molecule has 0 atom stereocenters. The molecule has 0 amide bonds. The Morgan fingerprint density at radius 3 is 2.22 bits per heavy atom. The highest BCUT2D eigenvalue weighted by Crippen LogP contribution is 2.02. The molecule has 2 heteroatoms. The lowest BCUT2D eigenvalue weighted by Crippen LogP contribution is -1.78. The van der Waals surface area contributed by atoms with E-state index >= 15 is 0 Å². The summed E-state index contributed by atoms with van der Waals surface area (Å²) in [6, 6.07) is 5.58. The number of halogens is 1. The van der Waals surface area contributed by atoms with Crippen molar-refractivity contribution in [3.63, 3.8) is 0 Å². The van der Waals surface area contributed by atoms with Crippen molar-refractivity contribution in [1.82, 2.24) is 0 Å².